The van der Waals surface area contributed by atoms with Gasteiger partial charge in [0.25, 0.3) is 5.91 Å². The smallest absolute Gasteiger partial charge is 0.261 e. The van der Waals surface area contributed by atoms with E-state index in [2.05, 4.69) is 5.32 Å². The van der Waals surface area contributed by atoms with E-state index in [1.54, 1.807) is 43.4 Å². The molecule has 2 amide bonds. The van der Waals surface area contributed by atoms with Crippen LogP contribution in [0.2, 0.25) is 0 Å². The van der Waals surface area contributed by atoms with Gasteiger partial charge < -0.3 is 24.4 Å². The second-order valence-electron chi connectivity index (χ2n) is 8.25. The molecule has 1 aliphatic rings. The Morgan fingerprint density at radius 3 is 2.03 bits per heavy atom. The lowest BCUT2D eigenvalue weighted by molar-refractivity contribution is -0.143. The van der Waals surface area contributed by atoms with Crippen molar-refractivity contribution in [1.82, 2.24) is 10.2 Å². The lowest BCUT2D eigenvalue weighted by atomic mass is 10.1. The molecule has 0 aromatic heterocycles. The molecule has 1 aliphatic carbocycles. The van der Waals surface area contributed by atoms with Crippen LogP contribution < -0.4 is 19.5 Å². The van der Waals surface area contributed by atoms with Crippen LogP contribution in [-0.4, -0.2) is 49.6 Å². The second kappa shape index (κ2) is 12.1. The predicted molar refractivity (Wildman–Crippen MR) is 127 cm³/mol. The fourth-order valence-corrected chi connectivity index (χ4v) is 4.11. The molecule has 2 aromatic carbocycles. The lowest BCUT2D eigenvalue weighted by Crippen LogP contribution is -2.52. The molecule has 1 saturated carbocycles. The zero-order chi connectivity index (χ0) is 23.6. The van der Waals surface area contributed by atoms with Gasteiger partial charge >= 0.3 is 0 Å². The van der Waals surface area contributed by atoms with Crippen molar-refractivity contribution in [3.05, 3.63) is 54.1 Å². The number of amides is 2. The minimum Gasteiger partial charge on any atom is -0.497 e. The summed E-state index contributed by atoms with van der Waals surface area (Å²) < 4.78 is 16.1. The number of rotatable bonds is 11. The molecule has 7 nitrogen and oxygen atoms in total. The second-order valence-corrected chi connectivity index (χ2v) is 8.25. The Morgan fingerprint density at radius 1 is 0.939 bits per heavy atom. The van der Waals surface area contributed by atoms with E-state index in [9.17, 15) is 9.59 Å². The summed E-state index contributed by atoms with van der Waals surface area (Å²) in [6, 6.07) is 14.2. The van der Waals surface area contributed by atoms with E-state index >= 15 is 0 Å². The summed E-state index contributed by atoms with van der Waals surface area (Å²) in [4.78, 5) is 28.0. The molecule has 7 heteroatoms. The Bertz CT molecular complexity index is 892. The third-order valence-electron chi connectivity index (χ3n) is 6.02. The van der Waals surface area contributed by atoms with Crippen LogP contribution in [0.25, 0.3) is 0 Å². The van der Waals surface area contributed by atoms with E-state index in [4.69, 9.17) is 14.2 Å². The number of hydrogen-bond donors (Lipinski definition) is 1. The van der Waals surface area contributed by atoms with Crippen LogP contribution >= 0.6 is 0 Å². The summed E-state index contributed by atoms with van der Waals surface area (Å²) in [5.74, 6) is 1.68. The summed E-state index contributed by atoms with van der Waals surface area (Å²) in [6.45, 7) is 2.08. The van der Waals surface area contributed by atoms with Crippen LogP contribution in [0, 0.1) is 0 Å². The monoisotopic (exact) mass is 454 g/mol. The number of ether oxygens (including phenoxy) is 3. The molecular formula is C26H34N2O5. The number of hydrogen-bond acceptors (Lipinski definition) is 5. The van der Waals surface area contributed by atoms with E-state index in [0.29, 0.717) is 24.5 Å². The topological polar surface area (TPSA) is 77.1 Å². The quantitative estimate of drug-likeness (QED) is 0.556. The molecule has 33 heavy (non-hydrogen) atoms. The van der Waals surface area contributed by atoms with Gasteiger partial charge in [-0.2, -0.15) is 0 Å². The molecule has 0 spiro atoms. The Morgan fingerprint density at radius 2 is 1.48 bits per heavy atom. The zero-order valence-corrected chi connectivity index (χ0v) is 19.7. The SMILES string of the molecule is CC[C@H](C(=O)NC1CCCC1)N(Cc1ccc(OC)cc1)C(=O)COc1ccc(OC)cc1. The standard InChI is InChI=1S/C26H34N2O5/c1-4-24(26(30)27-20-7-5-6-8-20)28(17-19-9-11-21(31-2)12-10-19)25(29)18-33-23-15-13-22(32-3)14-16-23/h9-16,20,24H,4-8,17-18H2,1-3H3,(H,27,30)/t24-/m1/s1. The molecular weight excluding hydrogens is 420 g/mol. The van der Waals surface area contributed by atoms with Gasteiger partial charge in [-0.15, -0.1) is 0 Å². The van der Waals surface area contributed by atoms with Crippen molar-refractivity contribution in [3.63, 3.8) is 0 Å². The lowest BCUT2D eigenvalue weighted by Gasteiger charge is -2.31. The maximum absolute atomic E-state index is 13.3. The third kappa shape index (κ3) is 6.88. The highest BCUT2D eigenvalue weighted by Gasteiger charge is 2.30. The van der Waals surface area contributed by atoms with E-state index in [-0.39, 0.29) is 24.5 Å². The van der Waals surface area contributed by atoms with Crippen molar-refractivity contribution in [1.29, 1.82) is 0 Å². The number of nitrogens with zero attached hydrogens (tertiary/aromatic N) is 1. The van der Waals surface area contributed by atoms with Crippen molar-refractivity contribution < 1.29 is 23.8 Å². The highest BCUT2D eigenvalue weighted by molar-refractivity contribution is 5.88. The fraction of sp³-hybridized carbons (Fsp3) is 0.462. The molecule has 0 saturated heterocycles. The zero-order valence-electron chi connectivity index (χ0n) is 19.7. The maximum atomic E-state index is 13.3. The van der Waals surface area contributed by atoms with E-state index in [1.165, 1.54) is 0 Å². The van der Waals surface area contributed by atoms with Crippen LogP contribution in [0.4, 0.5) is 0 Å². The molecule has 0 heterocycles. The fourth-order valence-electron chi connectivity index (χ4n) is 4.11. The Kier molecular flexibility index (Phi) is 8.98. The molecule has 1 fully saturated rings. The highest BCUT2D eigenvalue weighted by atomic mass is 16.5. The third-order valence-corrected chi connectivity index (χ3v) is 6.02. The summed E-state index contributed by atoms with van der Waals surface area (Å²) in [6.07, 6.45) is 4.77. The van der Waals surface area contributed by atoms with Crippen LogP contribution in [0.1, 0.15) is 44.6 Å². The van der Waals surface area contributed by atoms with Gasteiger partial charge in [0.15, 0.2) is 6.61 Å². The molecule has 0 unspecified atom stereocenters. The van der Waals surface area contributed by atoms with Gasteiger partial charge in [-0.1, -0.05) is 31.9 Å². The van der Waals surface area contributed by atoms with Crippen molar-refractivity contribution in [3.8, 4) is 17.2 Å². The van der Waals surface area contributed by atoms with E-state index < -0.39 is 6.04 Å². The van der Waals surface area contributed by atoms with Crippen LogP contribution in [0.3, 0.4) is 0 Å². The Labute approximate surface area is 196 Å². The molecule has 3 rings (SSSR count). The van der Waals surface area contributed by atoms with Crippen LogP contribution in [0.15, 0.2) is 48.5 Å². The minimum atomic E-state index is -0.570. The Balaban J connectivity index is 1.74. The first kappa shape index (κ1) is 24.4. The summed E-state index contributed by atoms with van der Waals surface area (Å²) >= 11 is 0. The summed E-state index contributed by atoms with van der Waals surface area (Å²) in [7, 11) is 3.21. The first-order chi connectivity index (χ1) is 16.0. The largest absolute Gasteiger partial charge is 0.497 e. The molecule has 2 aromatic rings. The molecule has 1 N–H and O–H groups in total. The van der Waals surface area contributed by atoms with Crippen molar-refractivity contribution in [2.75, 3.05) is 20.8 Å². The van der Waals surface area contributed by atoms with Crippen molar-refractivity contribution in [2.45, 2.75) is 57.7 Å². The van der Waals surface area contributed by atoms with Gasteiger partial charge in [0.2, 0.25) is 5.91 Å². The predicted octanol–water partition coefficient (Wildman–Crippen LogP) is 3.95. The van der Waals surface area contributed by atoms with Gasteiger partial charge in [0, 0.05) is 12.6 Å². The van der Waals surface area contributed by atoms with Crippen LogP contribution in [0.5, 0.6) is 17.2 Å². The highest BCUT2D eigenvalue weighted by Crippen LogP contribution is 2.21. The van der Waals surface area contributed by atoms with Gasteiger partial charge in [0.05, 0.1) is 14.2 Å². The first-order valence-corrected chi connectivity index (χ1v) is 11.5. The molecule has 0 aliphatic heterocycles. The van der Waals surface area contributed by atoms with E-state index in [0.717, 1.165) is 37.0 Å². The minimum absolute atomic E-state index is 0.101. The van der Waals surface area contributed by atoms with Gasteiger partial charge in [0.1, 0.15) is 23.3 Å². The average molecular weight is 455 g/mol. The Hall–Kier alpha value is -3.22. The maximum Gasteiger partial charge on any atom is 0.261 e. The molecule has 0 radical (unpaired) electrons. The van der Waals surface area contributed by atoms with Gasteiger partial charge in [-0.05, 0) is 61.2 Å². The molecule has 0 bridgehead atoms. The average Bonchev–Trinajstić information content (AvgIpc) is 3.36. The molecule has 178 valence electrons. The van der Waals surface area contributed by atoms with Crippen molar-refractivity contribution in [2.24, 2.45) is 0 Å². The number of methoxy groups -OCH3 is 2. The summed E-state index contributed by atoms with van der Waals surface area (Å²) in [5.41, 5.74) is 0.917. The van der Waals surface area contributed by atoms with Gasteiger partial charge in [-0.25, -0.2) is 0 Å². The van der Waals surface area contributed by atoms with Gasteiger partial charge in [-0.3, -0.25) is 9.59 Å². The molecule has 1 atom stereocenters. The normalized spacial score (nSPS) is 14.4. The number of nitrogens with one attached hydrogen (secondary N) is 1. The van der Waals surface area contributed by atoms with Crippen LogP contribution in [-0.2, 0) is 16.1 Å². The van der Waals surface area contributed by atoms with E-state index in [1.807, 2.05) is 31.2 Å². The number of carbonyl (C=O) groups excluding carboxylic acids is 2. The first-order valence-electron chi connectivity index (χ1n) is 11.5. The van der Waals surface area contributed by atoms with Crippen molar-refractivity contribution >= 4 is 11.8 Å². The number of carbonyl (C=O) groups is 2. The number of benzene rings is 2. The summed E-state index contributed by atoms with van der Waals surface area (Å²) in [5, 5.41) is 3.15.